The third kappa shape index (κ3) is 4.05. The highest BCUT2D eigenvalue weighted by Crippen LogP contribution is 2.29. The van der Waals surface area contributed by atoms with Crippen LogP contribution in [-0.4, -0.2) is 34.6 Å². The van der Waals surface area contributed by atoms with Crippen LogP contribution in [0.4, 0.5) is 5.69 Å². The van der Waals surface area contributed by atoms with Crippen LogP contribution >= 0.6 is 0 Å². The van der Waals surface area contributed by atoms with Crippen LogP contribution in [0.3, 0.4) is 0 Å². The zero-order chi connectivity index (χ0) is 17.8. The number of unbranched alkanes of at least 4 members (excludes halogenated alkanes) is 1. The summed E-state index contributed by atoms with van der Waals surface area (Å²) in [6.45, 7) is 7.94. The van der Waals surface area contributed by atoms with Gasteiger partial charge in [0.25, 0.3) is 0 Å². The predicted molar refractivity (Wildman–Crippen MR) is 103 cm³/mol. The summed E-state index contributed by atoms with van der Waals surface area (Å²) in [5.74, 6) is 0.940. The first-order chi connectivity index (χ1) is 12.8. The molecule has 0 saturated carbocycles. The molecule has 2 aliphatic rings. The van der Waals surface area contributed by atoms with Gasteiger partial charge in [-0.3, -0.25) is 4.90 Å². The van der Waals surface area contributed by atoms with Crippen LogP contribution in [0.5, 0.6) is 5.75 Å². The molecule has 0 aliphatic carbocycles. The molecule has 3 heterocycles. The molecule has 2 aliphatic heterocycles. The maximum atomic E-state index is 5.94. The van der Waals surface area contributed by atoms with Crippen molar-refractivity contribution in [2.24, 2.45) is 0 Å². The summed E-state index contributed by atoms with van der Waals surface area (Å²) in [6.07, 6.45) is 8.91. The Bertz CT molecular complexity index is 789. The normalized spacial score (nSPS) is 16.5. The number of anilines is 1. The van der Waals surface area contributed by atoms with Crippen LogP contribution in [0.15, 0.2) is 43.0 Å². The largest absolute Gasteiger partial charge is 0.494 e. The molecule has 26 heavy (non-hydrogen) atoms. The first-order valence-electron chi connectivity index (χ1n) is 9.48. The number of nitrogens with one attached hydrogen (secondary N) is 1. The lowest BCUT2D eigenvalue weighted by molar-refractivity contribution is 0.233. The Kier molecular flexibility index (Phi) is 5.16. The fourth-order valence-electron chi connectivity index (χ4n) is 3.66. The lowest BCUT2D eigenvalue weighted by Crippen LogP contribution is -2.32. The molecule has 136 valence electrons. The SMILES string of the molecule is C=C1CCc2ccc(OCCCCN3CCc4ncncc4C3)cc2N1. The Labute approximate surface area is 155 Å². The van der Waals surface area contributed by atoms with Crippen molar-refractivity contribution in [2.45, 2.75) is 38.6 Å². The molecular formula is C21H26N4O. The molecule has 0 spiro atoms. The summed E-state index contributed by atoms with van der Waals surface area (Å²) in [7, 11) is 0. The number of ether oxygens (including phenoxy) is 1. The first-order valence-corrected chi connectivity index (χ1v) is 9.48. The van der Waals surface area contributed by atoms with Gasteiger partial charge in [-0.1, -0.05) is 12.6 Å². The molecule has 1 N–H and O–H groups in total. The second-order valence-corrected chi connectivity index (χ2v) is 7.12. The summed E-state index contributed by atoms with van der Waals surface area (Å²) in [4.78, 5) is 11.0. The second-order valence-electron chi connectivity index (χ2n) is 7.12. The van der Waals surface area contributed by atoms with Crippen LogP contribution < -0.4 is 10.1 Å². The van der Waals surface area contributed by atoms with Gasteiger partial charge in [0.2, 0.25) is 0 Å². The summed E-state index contributed by atoms with van der Waals surface area (Å²) in [5.41, 5.74) is 6.07. The highest BCUT2D eigenvalue weighted by atomic mass is 16.5. The summed E-state index contributed by atoms with van der Waals surface area (Å²) < 4.78 is 5.94. The van der Waals surface area contributed by atoms with Crippen LogP contribution in [0, 0.1) is 0 Å². The van der Waals surface area contributed by atoms with E-state index in [1.54, 1.807) is 6.33 Å². The van der Waals surface area contributed by atoms with Crippen molar-refractivity contribution in [3.05, 3.63) is 59.8 Å². The van der Waals surface area contributed by atoms with Gasteiger partial charge in [-0.05, 0) is 43.9 Å². The molecule has 2 aromatic rings. The minimum Gasteiger partial charge on any atom is -0.494 e. The number of hydrogen-bond donors (Lipinski definition) is 1. The maximum Gasteiger partial charge on any atom is 0.121 e. The topological polar surface area (TPSA) is 50.3 Å². The van der Waals surface area contributed by atoms with E-state index in [2.05, 4.69) is 45.0 Å². The van der Waals surface area contributed by atoms with Gasteiger partial charge < -0.3 is 10.1 Å². The van der Waals surface area contributed by atoms with Gasteiger partial charge in [0, 0.05) is 54.4 Å². The molecule has 4 rings (SSSR count). The molecule has 5 heteroatoms. The third-order valence-electron chi connectivity index (χ3n) is 5.17. The highest BCUT2D eigenvalue weighted by Gasteiger charge is 2.16. The van der Waals surface area contributed by atoms with Gasteiger partial charge in [-0.15, -0.1) is 0 Å². The summed E-state index contributed by atoms with van der Waals surface area (Å²) >= 11 is 0. The van der Waals surface area contributed by atoms with Crippen molar-refractivity contribution in [1.82, 2.24) is 14.9 Å². The number of rotatable bonds is 6. The number of benzene rings is 1. The number of allylic oxidation sites excluding steroid dienone is 1. The zero-order valence-electron chi connectivity index (χ0n) is 15.2. The van der Waals surface area contributed by atoms with Crippen molar-refractivity contribution in [1.29, 1.82) is 0 Å². The quantitative estimate of drug-likeness (QED) is 0.807. The Hall–Kier alpha value is -2.40. The van der Waals surface area contributed by atoms with E-state index in [4.69, 9.17) is 4.74 Å². The molecule has 5 nitrogen and oxygen atoms in total. The molecule has 0 amide bonds. The molecule has 1 aromatic carbocycles. The van der Waals surface area contributed by atoms with E-state index in [9.17, 15) is 0 Å². The minimum atomic E-state index is 0.757. The van der Waals surface area contributed by atoms with Gasteiger partial charge in [-0.2, -0.15) is 0 Å². The molecule has 0 fully saturated rings. The lowest BCUT2D eigenvalue weighted by atomic mass is 10.0. The Morgan fingerprint density at radius 2 is 2.12 bits per heavy atom. The van der Waals surface area contributed by atoms with Crippen molar-refractivity contribution in [3.8, 4) is 5.75 Å². The zero-order valence-corrected chi connectivity index (χ0v) is 15.2. The van der Waals surface area contributed by atoms with Crippen molar-refractivity contribution in [2.75, 3.05) is 25.0 Å². The first kappa shape index (κ1) is 17.0. The number of hydrogen-bond acceptors (Lipinski definition) is 5. The Morgan fingerprint density at radius 3 is 3.08 bits per heavy atom. The van der Waals surface area contributed by atoms with Crippen molar-refractivity contribution < 1.29 is 4.74 Å². The Morgan fingerprint density at radius 1 is 1.15 bits per heavy atom. The monoisotopic (exact) mass is 350 g/mol. The van der Waals surface area contributed by atoms with Gasteiger partial charge in [0.15, 0.2) is 0 Å². The van der Waals surface area contributed by atoms with Crippen molar-refractivity contribution in [3.63, 3.8) is 0 Å². The molecular weight excluding hydrogens is 324 g/mol. The predicted octanol–water partition coefficient (Wildman–Crippen LogP) is 3.57. The van der Waals surface area contributed by atoms with Crippen LogP contribution in [-0.2, 0) is 19.4 Å². The standard InChI is InChI=1S/C21H26N4O/c1-16-4-5-17-6-7-19(12-21(17)24-16)26-11-3-2-9-25-10-8-20-18(14-25)13-22-15-23-20/h6-7,12-13,15,24H,1-5,8-11,14H2. The molecule has 0 unspecified atom stereocenters. The smallest absolute Gasteiger partial charge is 0.121 e. The maximum absolute atomic E-state index is 5.94. The van der Waals surface area contributed by atoms with Gasteiger partial charge >= 0.3 is 0 Å². The van der Waals surface area contributed by atoms with E-state index in [0.29, 0.717) is 0 Å². The fourth-order valence-corrected chi connectivity index (χ4v) is 3.66. The van der Waals surface area contributed by atoms with Crippen LogP contribution in [0.25, 0.3) is 0 Å². The van der Waals surface area contributed by atoms with Gasteiger partial charge in [0.05, 0.1) is 6.61 Å². The van der Waals surface area contributed by atoms with E-state index in [1.807, 2.05) is 6.20 Å². The lowest BCUT2D eigenvalue weighted by Gasteiger charge is -2.27. The molecule has 0 radical (unpaired) electrons. The van der Waals surface area contributed by atoms with E-state index < -0.39 is 0 Å². The average molecular weight is 350 g/mol. The summed E-state index contributed by atoms with van der Waals surface area (Å²) in [6, 6.07) is 6.34. The molecule has 1 aromatic heterocycles. The van der Waals surface area contributed by atoms with Gasteiger partial charge in [-0.25, -0.2) is 9.97 Å². The minimum absolute atomic E-state index is 0.757. The number of nitrogens with zero attached hydrogens (tertiary/aromatic N) is 3. The average Bonchev–Trinajstić information content (AvgIpc) is 2.67. The van der Waals surface area contributed by atoms with Crippen LogP contribution in [0.2, 0.25) is 0 Å². The number of aromatic nitrogens is 2. The van der Waals surface area contributed by atoms with Crippen molar-refractivity contribution >= 4 is 5.69 Å². The molecule has 0 atom stereocenters. The molecule has 0 saturated heterocycles. The molecule has 0 bridgehead atoms. The highest BCUT2D eigenvalue weighted by molar-refractivity contribution is 5.60. The second kappa shape index (κ2) is 7.87. The summed E-state index contributed by atoms with van der Waals surface area (Å²) in [5, 5.41) is 3.36. The third-order valence-corrected chi connectivity index (χ3v) is 5.17. The Balaban J connectivity index is 1.19. The van der Waals surface area contributed by atoms with E-state index in [-0.39, 0.29) is 0 Å². The van der Waals surface area contributed by atoms with E-state index >= 15 is 0 Å². The van der Waals surface area contributed by atoms with E-state index in [0.717, 1.165) is 75.5 Å². The number of fused-ring (bicyclic) bond motifs is 2. The van der Waals surface area contributed by atoms with E-state index in [1.165, 1.54) is 16.8 Å². The fraction of sp³-hybridized carbons (Fsp3) is 0.429. The number of aryl methyl sites for hydroxylation is 1. The van der Waals surface area contributed by atoms with Gasteiger partial charge in [0.1, 0.15) is 12.1 Å². The van der Waals surface area contributed by atoms with Crippen LogP contribution in [0.1, 0.15) is 36.1 Å².